The fourth-order valence-electron chi connectivity index (χ4n) is 3.46. The summed E-state index contributed by atoms with van der Waals surface area (Å²) in [6.45, 7) is 2.91. The number of hydrogen-bond acceptors (Lipinski definition) is 4. The Morgan fingerprint density at radius 2 is 1.83 bits per heavy atom. The number of aryl methyl sites for hydroxylation is 1. The van der Waals surface area contributed by atoms with Gasteiger partial charge < -0.3 is 4.90 Å². The van der Waals surface area contributed by atoms with Crippen LogP contribution in [0.2, 0.25) is 0 Å². The van der Waals surface area contributed by atoms with E-state index in [1.54, 1.807) is 24.3 Å². The molecule has 0 N–H and O–H groups in total. The first-order chi connectivity index (χ1) is 11.6. The van der Waals surface area contributed by atoms with Crippen molar-refractivity contribution in [2.24, 2.45) is 7.05 Å². The molecule has 1 aromatic heterocycles. The fourth-order valence-corrected chi connectivity index (χ4v) is 4.78. The molecule has 0 atom stereocenters. The molecule has 1 fully saturated rings. The van der Waals surface area contributed by atoms with Crippen LogP contribution < -0.4 is 0 Å². The number of benzene rings is 1. The monoisotopic (exact) mass is 347 g/mol. The van der Waals surface area contributed by atoms with Gasteiger partial charge in [-0.2, -0.15) is 5.10 Å². The van der Waals surface area contributed by atoms with E-state index in [9.17, 15) is 8.42 Å². The Hall–Kier alpha value is -1.66. The molecule has 3 rings (SSSR count). The third-order valence-electron chi connectivity index (χ3n) is 4.85. The van der Waals surface area contributed by atoms with E-state index in [-0.39, 0.29) is 5.75 Å². The molecule has 2 heterocycles. The Balaban J connectivity index is 1.45. The number of hydrogen-bond donors (Lipinski definition) is 0. The number of rotatable bonds is 6. The van der Waals surface area contributed by atoms with Crippen LogP contribution in [0.15, 0.2) is 47.5 Å². The summed E-state index contributed by atoms with van der Waals surface area (Å²) in [4.78, 5) is 2.81. The average Bonchev–Trinajstić information content (AvgIpc) is 3.02. The summed E-state index contributed by atoms with van der Waals surface area (Å²) in [5, 5.41) is 4.25. The quantitative estimate of drug-likeness (QED) is 0.805. The largest absolute Gasteiger partial charge is 0.303 e. The van der Waals surface area contributed by atoms with Gasteiger partial charge in [-0.3, -0.25) is 4.68 Å². The summed E-state index contributed by atoms with van der Waals surface area (Å²) in [6, 6.07) is 10.8. The highest BCUT2D eigenvalue weighted by atomic mass is 32.2. The Morgan fingerprint density at radius 1 is 1.12 bits per heavy atom. The van der Waals surface area contributed by atoms with Gasteiger partial charge in [0, 0.05) is 24.9 Å². The van der Waals surface area contributed by atoms with Gasteiger partial charge in [-0.15, -0.1) is 0 Å². The van der Waals surface area contributed by atoms with Crippen LogP contribution in [0.3, 0.4) is 0 Å². The maximum Gasteiger partial charge on any atom is 0.178 e. The molecule has 0 bridgehead atoms. The third kappa shape index (κ3) is 4.05. The lowest BCUT2D eigenvalue weighted by Crippen LogP contribution is -2.34. The number of aromatic nitrogens is 2. The lowest BCUT2D eigenvalue weighted by atomic mass is 9.93. The summed E-state index contributed by atoms with van der Waals surface area (Å²) in [7, 11) is -1.16. The molecular formula is C18H25N3O2S. The second-order valence-corrected chi connectivity index (χ2v) is 8.59. The molecule has 5 nitrogen and oxygen atoms in total. The van der Waals surface area contributed by atoms with Crippen molar-refractivity contribution in [2.45, 2.75) is 30.1 Å². The summed E-state index contributed by atoms with van der Waals surface area (Å²) >= 11 is 0. The second kappa shape index (κ2) is 7.49. The SMILES string of the molecule is Cn1nccc1C1CCN(CCCS(=O)(=O)c2ccccc2)CC1. The van der Waals surface area contributed by atoms with E-state index in [2.05, 4.69) is 16.1 Å². The molecule has 0 saturated carbocycles. The van der Waals surface area contributed by atoms with E-state index < -0.39 is 9.84 Å². The van der Waals surface area contributed by atoms with Crippen LogP contribution in [0, 0.1) is 0 Å². The van der Waals surface area contributed by atoms with E-state index in [4.69, 9.17) is 0 Å². The van der Waals surface area contributed by atoms with Crippen molar-refractivity contribution in [3.63, 3.8) is 0 Å². The zero-order valence-corrected chi connectivity index (χ0v) is 15.0. The second-order valence-electron chi connectivity index (χ2n) is 6.48. The van der Waals surface area contributed by atoms with Crippen molar-refractivity contribution in [1.29, 1.82) is 0 Å². The fraction of sp³-hybridized carbons (Fsp3) is 0.500. The molecule has 6 heteroatoms. The van der Waals surface area contributed by atoms with Crippen LogP contribution in [-0.2, 0) is 16.9 Å². The first-order valence-corrected chi connectivity index (χ1v) is 10.2. The molecule has 0 aliphatic carbocycles. The van der Waals surface area contributed by atoms with Crippen LogP contribution in [0.1, 0.15) is 30.9 Å². The Morgan fingerprint density at radius 3 is 2.46 bits per heavy atom. The lowest BCUT2D eigenvalue weighted by Gasteiger charge is -2.31. The zero-order chi connectivity index (χ0) is 17.0. The topological polar surface area (TPSA) is 55.2 Å². The van der Waals surface area contributed by atoms with Crippen LogP contribution >= 0.6 is 0 Å². The van der Waals surface area contributed by atoms with Gasteiger partial charge in [0.2, 0.25) is 0 Å². The van der Waals surface area contributed by atoms with Gasteiger partial charge >= 0.3 is 0 Å². The number of sulfone groups is 1. The first-order valence-electron chi connectivity index (χ1n) is 8.54. The molecule has 0 spiro atoms. The smallest absolute Gasteiger partial charge is 0.178 e. The molecular weight excluding hydrogens is 322 g/mol. The van der Waals surface area contributed by atoms with E-state index in [0.717, 1.165) is 32.5 Å². The van der Waals surface area contributed by atoms with Gasteiger partial charge in [0.15, 0.2) is 9.84 Å². The van der Waals surface area contributed by atoms with E-state index in [1.165, 1.54) is 5.69 Å². The van der Waals surface area contributed by atoms with Gasteiger partial charge in [0.1, 0.15) is 0 Å². The molecule has 1 aliphatic heterocycles. The molecule has 0 amide bonds. The summed E-state index contributed by atoms with van der Waals surface area (Å²) < 4.78 is 26.5. The van der Waals surface area contributed by atoms with Gasteiger partial charge in [0.25, 0.3) is 0 Å². The predicted molar refractivity (Wildman–Crippen MR) is 94.7 cm³/mol. The molecule has 1 saturated heterocycles. The highest BCUT2D eigenvalue weighted by Crippen LogP contribution is 2.27. The lowest BCUT2D eigenvalue weighted by molar-refractivity contribution is 0.210. The minimum atomic E-state index is -3.15. The minimum Gasteiger partial charge on any atom is -0.303 e. The first kappa shape index (κ1) is 17.2. The van der Waals surface area contributed by atoms with Crippen molar-refractivity contribution < 1.29 is 8.42 Å². The van der Waals surface area contributed by atoms with Crippen LogP contribution in [0.5, 0.6) is 0 Å². The summed E-state index contributed by atoms with van der Waals surface area (Å²) in [5.41, 5.74) is 1.31. The van der Waals surface area contributed by atoms with Gasteiger partial charge in [-0.05, 0) is 57.1 Å². The predicted octanol–water partition coefficient (Wildman–Crippen LogP) is 2.46. The molecule has 1 aliphatic rings. The molecule has 0 radical (unpaired) electrons. The summed E-state index contributed by atoms with van der Waals surface area (Å²) in [6.07, 6.45) is 4.78. The molecule has 0 unspecified atom stereocenters. The maximum absolute atomic E-state index is 12.3. The summed E-state index contributed by atoms with van der Waals surface area (Å²) in [5.74, 6) is 0.792. The van der Waals surface area contributed by atoms with Crippen LogP contribution in [0.25, 0.3) is 0 Å². The maximum atomic E-state index is 12.3. The third-order valence-corrected chi connectivity index (χ3v) is 6.67. The number of likely N-dealkylation sites (tertiary alicyclic amines) is 1. The van der Waals surface area contributed by atoms with E-state index >= 15 is 0 Å². The average molecular weight is 347 g/mol. The van der Waals surface area contributed by atoms with Crippen molar-refractivity contribution in [1.82, 2.24) is 14.7 Å². The van der Waals surface area contributed by atoms with Crippen molar-refractivity contribution in [3.8, 4) is 0 Å². The van der Waals surface area contributed by atoms with Gasteiger partial charge in [-0.25, -0.2) is 8.42 Å². The highest BCUT2D eigenvalue weighted by Gasteiger charge is 2.23. The normalized spacial score (nSPS) is 17.2. The Labute approximate surface area is 144 Å². The zero-order valence-electron chi connectivity index (χ0n) is 14.1. The molecule has 2 aromatic rings. The highest BCUT2D eigenvalue weighted by molar-refractivity contribution is 7.91. The Bertz CT molecular complexity index is 748. The number of piperidine rings is 1. The molecule has 130 valence electrons. The van der Waals surface area contributed by atoms with Crippen molar-refractivity contribution >= 4 is 9.84 Å². The van der Waals surface area contributed by atoms with Crippen LogP contribution in [-0.4, -0.2) is 48.5 Å². The minimum absolute atomic E-state index is 0.221. The van der Waals surface area contributed by atoms with E-state index in [0.29, 0.717) is 17.2 Å². The van der Waals surface area contributed by atoms with Crippen LogP contribution in [0.4, 0.5) is 0 Å². The molecule has 1 aromatic carbocycles. The standard InChI is InChI=1S/C18H25N3O2S/c1-20-18(8-11-19-20)16-9-13-21(14-10-16)12-5-15-24(22,23)17-6-3-2-4-7-17/h2-4,6-8,11,16H,5,9-10,12-15H2,1H3. The molecule has 24 heavy (non-hydrogen) atoms. The van der Waals surface area contributed by atoms with Gasteiger partial charge in [0.05, 0.1) is 10.6 Å². The number of nitrogens with zero attached hydrogens (tertiary/aromatic N) is 3. The van der Waals surface area contributed by atoms with Gasteiger partial charge in [-0.1, -0.05) is 18.2 Å². The Kier molecular flexibility index (Phi) is 5.36. The van der Waals surface area contributed by atoms with Crippen molar-refractivity contribution in [2.75, 3.05) is 25.4 Å². The van der Waals surface area contributed by atoms with E-state index in [1.807, 2.05) is 24.0 Å². The van der Waals surface area contributed by atoms with Crippen molar-refractivity contribution in [3.05, 3.63) is 48.3 Å².